The normalized spacial score (nSPS) is 10.3. The van der Waals surface area contributed by atoms with Crippen molar-refractivity contribution in [2.24, 2.45) is 0 Å². The Hall–Kier alpha value is -2.47. The molecular formula is C17H17NO4S. The molecule has 0 spiro atoms. The third-order valence-corrected chi connectivity index (χ3v) is 4.05. The Morgan fingerprint density at radius 1 is 1.13 bits per heavy atom. The summed E-state index contributed by atoms with van der Waals surface area (Å²) in [7, 11) is 0. The lowest BCUT2D eigenvalue weighted by Crippen LogP contribution is -2.04. The highest BCUT2D eigenvalue weighted by Crippen LogP contribution is 2.30. The fraction of sp³-hybridized carbons (Fsp3) is 0.176. The number of carbonyl (C=O) groups is 2. The van der Waals surface area contributed by atoms with Gasteiger partial charge < -0.3 is 15.6 Å². The van der Waals surface area contributed by atoms with Gasteiger partial charge in [0.25, 0.3) is 0 Å². The minimum atomic E-state index is -0.919. The first-order valence-corrected chi connectivity index (χ1v) is 7.86. The molecule has 0 unspecified atom stereocenters. The van der Waals surface area contributed by atoms with Gasteiger partial charge in [0.05, 0.1) is 18.6 Å². The van der Waals surface area contributed by atoms with Crippen molar-refractivity contribution in [1.82, 2.24) is 0 Å². The van der Waals surface area contributed by atoms with Crippen molar-refractivity contribution in [1.29, 1.82) is 0 Å². The van der Waals surface area contributed by atoms with Gasteiger partial charge in [0.2, 0.25) is 0 Å². The van der Waals surface area contributed by atoms with Crippen molar-refractivity contribution in [2.75, 3.05) is 12.3 Å². The fourth-order valence-electron chi connectivity index (χ4n) is 1.97. The Kier molecular flexibility index (Phi) is 5.65. The number of carboxylic acid groups (broad SMARTS) is 1. The van der Waals surface area contributed by atoms with Crippen molar-refractivity contribution in [3.05, 3.63) is 53.6 Å². The Bertz CT molecular complexity index is 713. The standard InChI is InChI=1S/C17H17NO4S/c1-2-22-17(21)11-3-5-13(6-4-11)23-14-7-8-15(18)12(9-14)10-16(19)20/h3-9H,2,10,18H2,1H3,(H,19,20). The van der Waals surface area contributed by atoms with E-state index in [2.05, 4.69) is 0 Å². The number of carboxylic acids is 1. The van der Waals surface area contributed by atoms with E-state index >= 15 is 0 Å². The maximum Gasteiger partial charge on any atom is 0.338 e. The van der Waals surface area contributed by atoms with Crippen molar-refractivity contribution in [2.45, 2.75) is 23.1 Å². The lowest BCUT2D eigenvalue weighted by molar-refractivity contribution is -0.136. The molecule has 0 fully saturated rings. The first kappa shape index (κ1) is 16.9. The SMILES string of the molecule is CCOC(=O)c1ccc(Sc2ccc(N)c(CC(=O)O)c2)cc1. The summed E-state index contributed by atoms with van der Waals surface area (Å²) in [6.45, 7) is 2.10. The van der Waals surface area contributed by atoms with E-state index in [1.807, 2.05) is 18.2 Å². The van der Waals surface area contributed by atoms with Gasteiger partial charge in [-0.3, -0.25) is 4.79 Å². The number of carbonyl (C=O) groups excluding carboxylic acids is 1. The number of anilines is 1. The van der Waals surface area contributed by atoms with E-state index in [0.717, 1.165) is 9.79 Å². The maximum atomic E-state index is 11.6. The molecule has 2 rings (SSSR count). The highest BCUT2D eigenvalue weighted by atomic mass is 32.2. The van der Waals surface area contributed by atoms with E-state index in [4.69, 9.17) is 15.6 Å². The summed E-state index contributed by atoms with van der Waals surface area (Å²) in [5.74, 6) is -1.27. The molecule has 6 heteroatoms. The summed E-state index contributed by atoms with van der Waals surface area (Å²) in [5, 5.41) is 8.89. The zero-order valence-electron chi connectivity index (χ0n) is 12.6. The predicted molar refractivity (Wildman–Crippen MR) is 88.7 cm³/mol. The van der Waals surface area contributed by atoms with Crippen LogP contribution in [0, 0.1) is 0 Å². The van der Waals surface area contributed by atoms with Gasteiger partial charge in [-0.25, -0.2) is 4.79 Å². The van der Waals surface area contributed by atoms with Gasteiger partial charge in [0.1, 0.15) is 0 Å². The molecule has 2 aromatic carbocycles. The summed E-state index contributed by atoms with van der Waals surface area (Å²) < 4.78 is 4.94. The van der Waals surface area contributed by atoms with Crippen LogP contribution in [-0.4, -0.2) is 23.7 Å². The van der Waals surface area contributed by atoms with Gasteiger partial charge in [-0.15, -0.1) is 0 Å². The molecule has 0 aliphatic carbocycles. The summed E-state index contributed by atoms with van der Waals surface area (Å²) in [6.07, 6.45) is -0.109. The number of nitrogen functional groups attached to an aromatic ring is 1. The van der Waals surface area contributed by atoms with E-state index in [1.54, 1.807) is 31.2 Å². The Balaban J connectivity index is 2.13. The molecule has 0 bridgehead atoms. The molecule has 0 aliphatic heterocycles. The van der Waals surface area contributed by atoms with Crippen LogP contribution in [-0.2, 0) is 16.0 Å². The van der Waals surface area contributed by atoms with Crippen molar-refractivity contribution in [3.8, 4) is 0 Å². The number of esters is 1. The number of rotatable bonds is 6. The topological polar surface area (TPSA) is 89.6 Å². The van der Waals surface area contributed by atoms with Gasteiger partial charge in [0, 0.05) is 15.5 Å². The highest BCUT2D eigenvalue weighted by molar-refractivity contribution is 7.99. The smallest absolute Gasteiger partial charge is 0.338 e. The Labute approximate surface area is 138 Å². The number of hydrogen-bond donors (Lipinski definition) is 2. The summed E-state index contributed by atoms with van der Waals surface area (Å²) in [6, 6.07) is 12.4. The van der Waals surface area contributed by atoms with Gasteiger partial charge in [0.15, 0.2) is 0 Å². The third-order valence-electron chi connectivity index (χ3n) is 3.06. The molecule has 3 N–H and O–H groups in total. The average molecular weight is 331 g/mol. The first-order valence-electron chi connectivity index (χ1n) is 7.05. The van der Waals surface area contributed by atoms with E-state index < -0.39 is 5.97 Å². The molecule has 23 heavy (non-hydrogen) atoms. The lowest BCUT2D eigenvalue weighted by Gasteiger charge is -2.07. The minimum absolute atomic E-state index is 0.109. The van der Waals surface area contributed by atoms with E-state index in [1.165, 1.54) is 11.8 Å². The van der Waals surface area contributed by atoms with Gasteiger partial charge in [-0.1, -0.05) is 11.8 Å². The zero-order valence-corrected chi connectivity index (χ0v) is 13.4. The van der Waals surface area contributed by atoms with Crippen LogP contribution in [0.25, 0.3) is 0 Å². The second-order valence-electron chi connectivity index (χ2n) is 4.78. The second-order valence-corrected chi connectivity index (χ2v) is 5.92. The monoisotopic (exact) mass is 331 g/mol. The molecular weight excluding hydrogens is 314 g/mol. The van der Waals surface area contributed by atoms with Crippen molar-refractivity contribution in [3.63, 3.8) is 0 Å². The molecule has 0 atom stereocenters. The summed E-state index contributed by atoms with van der Waals surface area (Å²) in [4.78, 5) is 24.3. The van der Waals surface area contributed by atoms with Crippen molar-refractivity contribution >= 4 is 29.4 Å². The third kappa shape index (κ3) is 4.75. The second kappa shape index (κ2) is 7.69. The van der Waals surface area contributed by atoms with Crippen LogP contribution in [0.2, 0.25) is 0 Å². The summed E-state index contributed by atoms with van der Waals surface area (Å²) in [5.41, 5.74) is 7.34. The average Bonchev–Trinajstić information content (AvgIpc) is 2.51. The fourth-order valence-corrected chi connectivity index (χ4v) is 2.85. The first-order chi connectivity index (χ1) is 11.0. The lowest BCUT2D eigenvalue weighted by atomic mass is 10.1. The highest BCUT2D eigenvalue weighted by Gasteiger charge is 2.09. The van der Waals surface area contributed by atoms with E-state index in [9.17, 15) is 9.59 Å². The van der Waals surface area contributed by atoms with Crippen molar-refractivity contribution < 1.29 is 19.4 Å². The van der Waals surface area contributed by atoms with Crippen LogP contribution in [0.15, 0.2) is 52.3 Å². The van der Waals surface area contributed by atoms with Gasteiger partial charge >= 0.3 is 11.9 Å². The van der Waals surface area contributed by atoms with Gasteiger partial charge in [-0.2, -0.15) is 0 Å². The molecule has 0 saturated heterocycles. The zero-order chi connectivity index (χ0) is 16.8. The molecule has 0 aromatic heterocycles. The molecule has 5 nitrogen and oxygen atoms in total. The van der Waals surface area contributed by atoms with Crippen LogP contribution >= 0.6 is 11.8 Å². The quantitative estimate of drug-likeness (QED) is 0.624. The van der Waals surface area contributed by atoms with Crippen LogP contribution in [0.5, 0.6) is 0 Å². The number of aliphatic carboxylic acids is 1. The number of benzene rings is 2. The maximum absolute atomic E-state index is 11.6. The van der Waals surface area contributed by atoms with Crippen LogP contribution in [0.4, 0.5) is 5.69 Å². The largest absolute Gasteiger partial charge is 0.481 e. The molecule has 120 valence electrons. The Morgan fingerprint density at radius 3 is 2.39 bits per heavy atom. The van der Waals surface area contributed by atoms with Gasteiger partial charge in [-0.05, 0) is 55.0 Å². The number of nitrogens with two attached hydrogens (primary N) is 1. The number of hydrogen-bond acceptors (Lipinski definition) is 5. The van der Waals surface area contributed by atoms with Crippen LogP contribution in [0.3, 0.4) is 0 Å². The molecule has 0 heterocycles. The summed E-state index contributed by atoms with van der Waals surface area (Å²) >= 11 is 1.47. The molecule has 0 saturated carbocycles. The molecule has 2 aromatic rings. The molecule has 0 amide bonds. The van der Waals surface area contributed by atoms with E-state index in [0.29, 0.717) is 23.4 Å². The minimum Gasteiger partial charge on any atom is -0.481 e. The number of ether oxygens (including phenoxy) is 1. The van der Waals surface area contributed by atoms with E-state index in [-0.39, 0.29) is 12.4 Å². The van der Waals surface area contributed by atoms with Crippen LogP contribution < -0.4 is 5.73 Å². The Morgan fingerprint density at radius 2 is 1.78 bits per heavy atom. The molecule has 0 aliphatic rings. The molecule has 0 radical (unpaired) electrons. The van der Waals surface area contributed by atoms with Crippen LogP contribution in [0.1, 0.15) is 22.8 Å². The predicted octanol–water partition coefficient (Wildman–Crippen LogP) is 3.22.